The van der Waals surface area contributed by atoms with Gasteiger partial charge < -0.3 is 15.0 Å². The van der Waals surface area contributed by atoms with E-state index in [-0.39, 0.29) is 0 Å². The van der Waals surface area contributed by atoms with Crippen molar-refractivity contribution in [2.24, 2.45) is 0 Å². The maximum atomic E-state index is 6.07. The fourth-order valence-electron chi connectivity index (χ4n) is 1.86. The molecule has 0 bridgehead atoms. The van der Waals surface area contributed by atoms with E-state index in [2.05, 4.69) is 26.3 Å². The van der Waals surface area contributed by atoms with Gasteiger partial charge in [-0.25, -0.2) is 0 Å². The largest absolute Gasteiger partial charge is 0.493 e. The molecule has 0 heterocycles. The molecule has 0 atom stereocenters. The number of hydrogen-bond acceptors (Lipinski definition) is 1. The summed E-state index contributed by atoms with van der Waals surface area (Å²) in [5.41, 5.74) is 2.26. The molecule has 1 rings (SSSR count). The average molecular weight is 287 g/mol. The number of halogens is 1. The zero-order chi connectivity index (χ0) is 14.3. The Labute approximate surface area is 121 Å². The minimum absolute atomic E-state index is 0.771. The Morgan fingerprint density at radius 3 is 2.58 bits per heavy atom. The average Bonchev–Trinajstić information content (AvgIpc) is 2.37. The van der Waals surface area contributed by atoms with Gasteiger partial charge in [0.2, 0.25) is 0 Å². The maximum absolute atomic E-state index is 6.07. The molecule has 0 saturated carbocycles. The molecule has 1 aromatic rings. The molecule has 19 heavy (non-hydrogen) atoms. The molecule has 108 valence electrons. The molecule has 0 aliphatic rings. The summed E-state index contributed by atoms with van der Waals surface area (Å²) < 4.78 is 5.82. The van der Waals surface area contributed by atoms with Crippen LogP contribution in [0.3, 0.4) is 0 Å². The Morgan fingerprint density at radius 2 is 1.89 bits per heavy atom. The van der Waals surface area contributed by atoms with Gasteiger partial charge in [0.05, 0.1) is 27.2 Å². The van der Waals surface area contributed by atoms with Crippen molar-refractivity contribution in [2.75, 3.05) is 40.3 Å². The van der Waals surface area contributed by atoms with Crippen LogP contribution in [0.1, 0.15) is 17.5 Å². The van der Waals surface area contributed by atoms with Crippen LogP contribution in [0.25, 0.3) is 0 Å². The van der Waals surface area contributed by atoms with Crippen LogP contribution in [-0.4, -0.2) is 40.3 Å². The molecule has 0 spiro atoms. The molecule has 0 radical (unpaired) electrons. The highest BCUT2D eigenvalue weighted by Crippen LogP contribution is 2.27. The van der Waals surface area contributed by atoms with Gasteiger partial charge in [-0.05, 0) is 37.1 Å². The predicted octanol–water partition coefficient (Wildman–Crippen LogP) is 0.434. The van der Waals surface area contributed by atoms with Crippen LogP contribution >= 0.6 is 11.6 Å². The molecule has 4 heteroatoms. The number of nitrogens with two attached hydrogens (primary N) is 1. The number of quaternary nitrogens is 2. The third-order valence-corrected chi connectivity index (χ3v) is 3.74. The lowest BCUT2D eigenvalue weighted by Crippen LogP contribution is -3.09. The molecule has 0 aliphatic heterocycles. The molecule has 0 aromatic heterocycles. The lowest BCUT2D eigenvalue weighted by atomic mass is 10.1. The molecular weight excluding hydrogens is 260 g/mol. The number of nitrogens with one attached hydrogen (secondary N) is 1. The van der Waals surface area contributed by atoms with Gasteiger partial charge in [0.1, 0.15) is 18.8 Å². The summed E-state index contributed by atoms with van der Waals surface area (Å²) in [7, 11) is 4.37. The van der Waals surface area contributed by atoms with Crippen LogP contribution in [0.2, 0.25) is 5.02 Å². The van der Waals surface area contributed by atoms with Crippen LogP contribution in [0, 0.1) is 13.8 Å². The summed E-state index contributed by atoms with van der Waals surface area (Å²) in [4.78, 5) is 1.50. The zero-order valence-electron chi connectivity index (χ0n) is 12.6. The summed E-state index contributed by atoms with van der Waals surface area (Å²) in [6, 6.07) is 3.87. The van der Waals surface area contributed by atoms with Crippen LogP contribution < -0.4 is 15.0 Å². The van der Waals surface area contributed by atoms with Crippen molar-refractivity contribution in [1.82, 2.24) is 0 Å². The number of likely N-dealkylation sites (N-methyl/N-ethyl adjacent to an activating group) is 1. The van der Waals surface area contributed by atoms with E-state index in [9.17, 15) is 0 Å². The molecular formula is C15H27ClN2O+2. The first kappa shape index (κ1) is 16.3. The highest BCUT2D eigenvalue weighted by atomic mass is 35.5. The van der Waals surface area contributed by atoms with Crippen LogP contribution in [0.5, 0.6) is 5.75 Å². The number of benzene rings is 1. The van der Waals surface area contributed by atoms with Gasteiger partial charge in [0, 0.05) is 11.4 Å². The van der Waals surface area contributed by atoms with E-state index in [1.807, 2.05) is 19.1 Å². The minimum Gasteiger partial charge on any atom is -0.493 e. The van der Waals surface area contributed by atoms with Crippen molar-refractivity contribution in [2.45, 2.75) is 20.3 Å². The van der Waals surface area contributed by atoms with Gasteiger partial charge in [-0.1, -0.05) is 11.6 Å². The maximum Gasteiger partial charge on any atom is 0.126 e. The second-order valence-corrected chi connectivity index (χ2v) is 5.73. The quantitative estimate of drug-likeness (QED) is 0.667. The van der Waals surface area contributed by atoms with Gasteiger partial charge >= 0.3 is 0 Å². The van der Waals surface area contributed by atoms with E-state index in [1.165, 1.54) is 18.0 Å². The second-order valence-electron chi connectivity index (χ2n) is 5.32. The normalized spacial score (nSPS) is 11.1. The van der Waals surface area contributed by atoms with Crippen molar-refractivity contribution < 1.29 is 15.0 Å². The summed E-state index contributed by atoms with van der Waals surface area (Å²) in [6.45, 7) is 8.37. The third-order valence-electron chi connectivity index (χ3n) is 3.33. The molecule has 1 aromatic carbocycles. The van der Waals surface area contributed by atoms with Crippen molar-refractivity contribution >= 4 is 11.6 Å². The van der Waals surface area contributed by atoms with Crippen molar-refractivity contribution in [3.05, 3.63) is 28.3 Å². The molecule has 0 unspecified atom stereocenters. The van der Waals surface area contributed by atoms with Crippen LogP contribution in [-0.2, 0) is 0 Å². The van der Waals surface area contributed by atoms with E-state index >= 15 is 0 Å². The summed E-state index contributed by atoms with van der Waals surface area (Å²) in [5.74, 6) is 0.958. The first-order valence-corrected chi connectivity index (χ1v) is 7.39. The first-order valence-electron chi connectivity index (χ1n) is 7.01. The smallest absolute Gasteiger partial charge is 0.126 e. The standard InChI is InChI=1S/C15H25ClN2O/c1-12-13(2)15(7-6-14(12)16)19-11-5-8-17-9-10-18(3)4/h6-7,17H,5,8-11H2,1-4H3/p+2. The van der Waals surface area contributed by atoms with E-state index < -0.39 is 0 Å². The van der Waals surface area contributed by atoms with Gasteiger partial charge in [-0.15, -0.1) is 0 Å². The second kappa shape index (κ2) is 8.41. The summed E-state index contributed by atoms with van der Waals surface area (Å²) >= 11 is 6.07. The van der Waals surface area contributed by atoms with Crippen LogP contribution in [0.15, 0.2) is 12.1 Å². The lowest BCUT2D eigenvalue weighted by Gasteiger charge is -2.12. The monoisotopic (exact) mass is 286 g/mol. The predicted molar refractivity (Wildman–Crippen MR) is 80.4 cm³/mol. The Kier molecular flexibility index (Phi) is 7.21. The van der Waals surface area contributed by atoms with E-state index in [0.717, 1.165) is 41.5 Å². The Balaban J connectivity index is 2.21. The molecule has 3 nitrogen and oxygen atoms in total. The fourth-order valence-corrected chi connectivity index (χ4v) is 2.07. The minimum atomic E-state index is 0.771. The zero-order valence-corrected chi connectivity index (χ0v) is 13.3. The molecule has 0 amide bonds. The van der Waals surface area contributed by atoms with E-state index in [4.69, 9.17) is 16.3 Å². The Morgan fingerprint density at radius 1 is 1.16 bits per heavy atom. The van der Waals surface area contributed by atoms with Crippen molar-refractivity contribution in [3.8, 4) is 5.75 Å². The number of rotatable bonds is 8. The van der Waals surface area contributed by atoms with Gasteiger partial charge in [-0.3, -0.25) is 0 Å². The van der Waals surface area contributed by atoms with Crippen molar-refractivity contribution in [1.29, 1.82) is 0 Å². The SMILES string of the molecule is Cc1c(Cl)ccc(OCCC[NH2+]CC[NH+](C)C)c1C. The fraction of sp³-hybridized carbons (Fsp3) is 0.600. The van der Waals surface area contributed by atoms with Gasteiger partial charge in [0.25, 0.3) is 0 Å². The topological polar surface area (TPSA) is 30.3 Å². The Bertz CT molecular complexity index is 394. The summed E-state index contributed by atoms with van der Waals surface area (Å²) in [5, 5.41) is 3.17. The summed E-state index contributed by atoms with van der Waals surface area (Å²) in [6.07, 6.45) is 1.07. The highest BCUT2D eigenvalue weighted by molar-refractivity contribution is 6.31. The molecule has 0 fully saturated rings. The Hall–Kier alpha value is -0.770. The highest BCUT2D eigenvalue weighted by Gasteiger charge is 2.05. The van der Waals surface area contributed by atoms with Crippen molar-refractivity contribution in [3.63, 3.8) is 0 Å². The lowest BCUT2D eigenvalue weighted by molar-refractivity contribution is -0.874. The molecule has 0 saturated heterocycles. The van der Waals surface area contributed by atoms with Gasteiger partial charge in [-0.2, -0.15) is 0 Å². The van der Waals surface area contributed by atoms with E-state index in [1.54, 1.807) is 0 Å². The third kappa shape index (κ3) is 5.81. The molecule has 3 N–H and O–H groups in total. The van der Waals surface area contributed by atoms with Gasteiger partial charge in [0.15, 0.2) is 0 Å². The first-order chi connectivity index (χ1) is 9.02. The number of hydrogen-bond donors (Lipinski definition) is 2. The van der Waals surface area contributed by atoms with Crippen LogP contribution in [0.4, 0.5) is 0 Å². The van der Waals surface area contributed by atoms with E-state index in [0.29, 0.717) is 0 Å². The number of ether oxygens (including phenoxy) is 1. The molecule has 0 aliphatic carbocycles.